The second-order valence-electron chi connectivity index (χ2n) is 22.0. The van der Waals surface area contributed by atoms with Gasteiger partial charge in [-0.25, -0.2) is 0 Å². The third-order valence-electron chi connectivity index (χ3n) is 15.2. The Bertz CT molecular complexity index is 914. The Kier molecular flexibility index (Phi) is 57.4. The summed E-state index contributed by atoms with van der Waals surface area (Å²) in [6, 6.07) is -0.805. The smallest absolute Gasteiger partial charge is 0.220 e. The van der Waals surface area contributed by atoms with Gasteiger partial charge in [0.2, 0.25) is 5.91 Å². The molecule has 0 aliphatic heterocycles. The van der Waals surface area contributed by atoms with Crippen molar-refractivity contribution in [2.24, 2.45) is 0 Å². The topological polar surface area (TPSA) is 89.8 Å². The maximum absolute atomic E-state index is 12.5. The Morgan fingerprint density at radius 1 is 0.313 bits per heavy atom. The fourth-order valence-electron chi connectivity index (χ4n) is 10.4. The molecule has 0 rings (SSSR count). The molecule has 3 unspecified atom stereocenters. The molecule has 0 aromatic carbocycles. The molecule has 0 aliphatic carbocycles. The lowest BCUT2D eigenvalue weighted by Gasteiger charge is -2.26. The standard InChI is InChI=1S/C62H125NO4/c1-3-5-7-9-11-13-15-17-19-21-23-25-27-28-29-30-31-32-33-34-35-37-39-41-43-45-47-49-51-53-55-57-61(66)63-59(58-64)62(67)60(65)56-54-52-50-48-46-44-42-40-38-36-26-24-22-20-18-16-14-12-10-8-6-4-2/h59-60,62,64-65,67H,3-58H2,1-2H3,(H,63,66). The van der Waals surface area contributed by atoms with Gasteiger partial charge in [0, 0.05) is 6.42 Å². The van der Waals surface area contributed by atoms with E-state index in [1.807, 2.05) is 0 Å². The average Bonchev–Trinajstić information content (AvgIpc) is 3.33. The highest BCUT2D eigenvalue weighted by molar-refractivity contribution is 5.76. The van der Waals surface area contributed by atoms with E-state index >= 15 is 0 Å². The van der Waals surface area contributed by atoms with Gasteiger partial charge in [-0.1, -0.05) is 348 Å². The van der Waals surface area contributed by atoms with Crippen LogP contribution in [0.4, 0.5) is 0 Å². The SMILES string of the molecule is CCCCCCCCCCCCCCCCCCCCCCCCCCCCCCCCCC(=O)NC(CO)C(O)C(O)CCCCCCCCCCCCCCCCCCCCCCCC. The van der Waals surface area contributed by atoms with Crippen LogP contribution in [0.15, 0.2) is 0 Å². The van der Waals surface area contributed by atoms with E-state index in [1.165, 1.54) is 308 Å². The van der Waals surface area contributed by atoms with Crippen LogP contribution >= 0.6 is 0 Å². The molecule has 0 aromatic rings. The molecule has 5 heteroatoms. The number of hydrogen-bond acceptors (Lipinski definition) is 4. The van der Waals surface area contributed by atoms with E-state index < -0.39 is 18.2 Å². The number of carbonyl (C=O) groups is 1. The van der Waals surface area contributed by atoms with Gasteiger partial charge in [0.25, 0.3) is 0 Å². The summed E-state index contributed by atoms with van der Waals surface area (Å²) in [5.74, 6) is -0.134. The zero-order valence-electron chi connectivity index (χ0n) is 46.1. The number of nitrogens with one attached hydrogen (secondary N) is 1. The van der Waals surface area contributed by atoms with Gasteiger partial charge in [-0.3, -0.25) is 4.79 Å². The average molecular weight is 949 g/mol. The molecular formula is C62H125NO4. The van der Waals surface area contributed by atoms with Crippen molar-refractivity contribution in [2.45, 2.75) is 385 Å². The Balaban J connectivity index is 3.45. The first-order valence-electron chi connectivity index (χ1n) is 31.3. The molecule has 5 nitrogen and oxygen atoms in total. The monoisotopic (exact) mass is 948 g/mol. The summed E-state index contributed by atoms with van der Waals surface area (Å²) in [7, 11) is 0. The van der Waals surface area contributed by atoms with Crippen LogP contribution in [0.25, 0.3) is 0 Å². The normalized spacial score (nSPS) is 13.1. The summed E-state index contributed by atoms with van der Waals surface area (Å²) < 4.78 is 0. The number of aliphatic hydroxyl groups is 3. The third kappa shape index (κ3) is 53.0. The lowest BCUT2D eigenvalue weighted by molar-refractivity contribution is -0.124. The van der Waals surface area contributed by atoms with Gasteiger partial charge in [0.15, 0.2) is 0 Å². The van der Waals surface area contributed by atoms with Crippen molar-refractivity contribution in [3.8, 4) is 0 Å². The van der Waals surface area contributed by atoms with Crippen molar-refractivity contribution in [1.82, 2.24) is 5.32 Å². The van der Waals surface area contributed by atoms with Gasteiger partial charge in [0.1, 0.15) is 6.10 Å². The maximum atomic E-state index is 12.5. The summed E-state index contributed by atoms with van der Waals surface area (Å²) in [6.07, 6.45) is 71.4. The Morgan fingerprint density at radius 3 is 0.716 bits per heavy atom. The van der Waals surface area contributed by atoms with Crippen LogP contribution in [-0.4, -0.2) is 46.1 Å². The van der Waals surface area contributed by atoms with Crippen LogP contribution in [0.3, 0.4) is 0 Å². The predicted molar refractivity (Wildman–Crippen MR) is 296 cm³/mol. The first kappa shape index (κ1) is 66.3. The molecule has 0 spiro atoms. The second kappa shape index (κ2) is 57.9. The van der Waals surface area contributed by atoms with Crippen LogP contribution in [0.1, 0.15) is 367 Å². The van der Waals surface area contributed by atoms with Gasteiger partial charge < -0.3 is 20.6 Å². The highest BCUT2D eigenvalue weighted by Crippen LogP contribution is 2.19. The second-order valence-corrected chi connectivity index (χ2v) is 22.0. The van der Waals surface area contributed by atoms with Crippen LogP contribution < -0.4 is 5.32 Å². The molecule has 402 valence electrons. The number of amides is 1. The lowest BCUT2D eigenvalue weighted by atomic mass is 9.99. The maximum Gasteiger partial charge on any atom is 0.220 e. The van der Waals surface area contributed by atoms with Crippen LogP contribution in [-0.2, 0) is 4.79 Å². The van der Waals surface area contributed by atoms with Crippen molar-refractivity contribution in [3.63, 3.8) is 0 Å². The Hall–Kier alpha value is -0.650. The summed E-state index contributed by atoms with van der Waals surface area (Å²) in [5, 5.41) is 33.9. The number of aliphatic hydroxyl groups excluding tert-OH is 3. The molecule has 0 fully saturated rings. The van der Waals surface area contributed by atoms with E-state index in [0.29, 0.717) is 12.8 Å². The van der Waals surface area contributed by atoms with Crippen molar-refractivity contribution in [3.05, 3.63) is 0 Å². The van der Waals surface area contributed by atoms with E-state index in [0.717, 1.165) is 32.1 Å². The molecule has 3 atom stereocenters. The minimum atomic E-state index is -1.13. The summed E-state index contributed by atoms with van der Waals surface area (Å²) >= 11 is 0. The van der Waals surface area contributed by atoms with Gasteiger partial charge >= 0.3 is 0 Å². The van der Waals surface area contributed by atoms with Gasteiger partial charge in [0.05, 0.1) is 18.8 Å². The van der Waals surface area contributed by atoms with E-state index in [-0.39, 0.29) is 12.5 Å². The molecule has 0 aliphatic rings. The number of rotatable bonds is 59. The molecule has 0 saturated carbocycles. The predicted octanol–water partition coefficient (Wildman–Crippen LogP) is 19.7. The van der Waals surface area contributed by atoms with E-state index in [4.69, 9.17) is 0 Å². The number of hydrogen-bond donors (Lipinski definition) is 4. The largest absolute Gasteiger partial charge is 0.394 e. The fraction of sp³-hybridized carbons (Fsp3) is 0.984. The minimum absolute atomic E-state index is 0.134. The quantitative estimate of drug-likeness (QED) is 0.0457. The fourth-order valence-corrected chi connectivity index (χ4v) is 10.4. The molecule has 67 heavy (non-hydrogen) atoms. The van der Waals surface area contributed by atoms with Crippen LogP contribution in [0, 0.1) is 0 Å². The molecular weight excluding hydrogens is 823 g/mol. The van der Waals surface area contributed by atoms with E-state index in [9.17, 15) is 20.1 Å². The molecule has 4 N–H and O–H groups in total. The first-order chi connectivity index (χ1) is 33.1. The minimum Gasteiger partial charge on any atom is -0.394 e. The Labute approximate surface area is 421 Å². The molecule has 0 bridgehead atoms. The van der Waals surface area contributed by atoms with E-state index in [1.54, 1.807) is 0 Å². The van der Waals surface area contributed by atoms with Crippen LogP contribution in [0.5, 0.6) is 0 Å². The summed E-state index contributed by atoms with van der Waals surface area (Å²) in [6.45, 7) is 4.24. The van der Waals surface area contributed by atoms with Crippen molar-refractivity contribution in [2.75, 3.05) is 6.61 Å². The van der Waals surface area contributed by atoms with Gasteiger partial charge in [-0.2, -0.15) is 0 Å². The molecule has 0 saturated heterocycles. The molecule has 0 heterocycles. The number of unbranched alkanes of at least 4 members (excludes halogenated alkanes) is 51. The molecule has 0 radical (unpaired) electrons. The van der Waals surface area contributed by atoms with Gasteiger partial charge in [-0.15, -0.1) is 0 Å². The van der Waals surface area contributed by atoms with Crippen molar-refractivity contribution < 1.29 is 20.1 Å². The van der Waals surface area contributed by atoms with Gasteiger partial charge in [-0.05, 0) is 12.8 Å². The summed E-state index contributed by atoms with van der Waals surface area (Å²) in [5.41, 5.74) is 0. The van der Waals surface area contributed by atoms with Crippen molar-refractivity contribution >= 4 is 5.91 Å². The van der Waals surface area contributed by atoms with Crippen LogP contribution in [0.2, 0.25) is 0 Å². The van der Waals surface area contributed by atoms with E-state index in [2.05, 4.69) is 19.2 Å². The number of carbonyl (C=O) groups excluding carboxylic acids is 1. The zero-order chi connectivity index (χ0) is 48.6. The third-order valence-corrected chi connectivity index (χ3v) is 15.2. The zero-order valence-corrected chi connectivity index (χ0v) is 46.1. The highest BCUT2D eigenvalue weighted by atomic mass is 16.3. The molecule has 1 amide bonds. The highest BCUT2D eigenvalue weighted by Gasteiger charge is 2.26. The first-order valence-corrected chi connectivity index (χ1v) is 31.3. The molecule has 0 aromatic heterocycles. The van der Waals surface area contributed by atoms with Crippen molar-refractivity contribution in [1.29, 1.82) is 0 Å². The summed E-state index contributed by atoms with van der Waals surface area (Å²) in [4.78, 5) is 12.5. The Morgan fingerprint density at radius 2 is 0.507 bits per heavy atom. The lowest BCUT2D eigenvalue weighted by Crippen LogP contribution is -2.50.